The number of oxime groups is 1. The van der Waals surface area contributed by atoms with E-state index in [1.54, 1.807) is 6.20 Å². The highest BCUT2D eigenvalue weighted by atomic mass is 16.4. The van der Waals surface area contributed by atoms with Gasteiger partial charge >= 0.3 is 0 Å². The molecule has 2 rings (SSSR count). The van der Waals surface area contributed by atoms with Crippen molar-refractivity contribution < 1.29 is 5.21 Å². The normalized spacial score (nSPS) is 20.7. The highest BCUT2D eigenvalue weighted by Gasteiger charge is 2.22. The summed E-state index contributed by atoms with van der Waals surface area (Å²) in [5, 5.41) is 11.7. The Kier molecular flexibility index (Phi) is 4.21. The van der Waals surface area contributed by atoms with E-state index in [9.17, 15) is 0 Å². The number of hydrogen-bond acceptors (Lipinski definition) is 5. The minimum Gasteiger partial charge on any atom is -0.409 e. The van der Waals surface area contributed by atoms with Crippen LogP contribution in [0.5, 0.6) is 0 Å². The lowest BCUT2D eigenvalue weighted by Crippen LogP contribution is -2.36. The molecular weight excluding hydrogens is 242 g/mol. The molecule has 1 aromatic heterocycles. The maximum absolute atomic E-state index is 8.68. The molecule has 0 radical (unpaired) electrons. The molecule has 1 aliphatic rings. The molecule has 0 amide bonds. The van der Waals surface area contributed by atoms with Crippen molar-refractivity contribution in [2.75, 3.05) is 32.1 Å². The van der Waals surface area contributed by atoms with Gasteiger partial charge in [0.15, 0.2) is 5.84 Å². The Balaban J connectivity index is 2.08. The Morgan fingerprint density at radius 2 is 2.47 bits per heavy atom. The SMILES string of the molecule is CN(CC1CCCN1C)c1ccnc(C(N)=NO)c1. The van der Waals surface area contributed by atoms with Crippen LogP contribution in [0.1, 0.15) is 18.5 Å². The average molecular weight is 263 g/mol. The molecule has 1 atom stereocenters. The molecule has 104 valence electrons. The number of nitrogens with zero attached hydrogens (tertiary/aromatic N) is 4. The maximum atomic E-state index is 8.68. The number of anilines is 1. The molecule has 0 bridgehead atoms. The fraction of sp³-hybridized carbons (Fsp3) is 0.538. The zero-order valence-corrected chi connectivity index (χ0v) is 11.5. The second-order valence-electron chi connectivity index (χ2n) is 5.04. The lowest BCUT2D eigenvalue weighted by Gasteiger charge is -2.27. The Labute approximate surface area is 113 Å². The third-order valence-electron chi connectivity index (χ3n) is 3.71. The molecule has 2 heterocycles. The molecule has 0 aromatic carbocycles. The number of hydrogen-bond donors (Lipinski definition) is 2. The van der Waals surface area contributed by atoms with E-state index in [4.69, 9.17) is 10.9 Å². The van der Waals surface area contributed by atoms with Gasteiger partial charge in [0.1, 0.15) is 5.69 Å². The van der Waals surface area contributed by atoms with Crippen molar-refractivity contribution in [1.29, 1.82) is 0 Å². The number of nitrogens with two attached hydrogens (primary N) is 1. The monoisotopic (exact) mass is 263 g/mol. The van der Waals surface area contributed by atoms with E-state index >= 15 is 0 Å². The van der Waals surface area contributed by atoms with Crippen LogP contribution in [0.4, 0.5) is 5.69 Å². The number of amidine groups is 1. The van der Waals surface area contributed by atoms with Gasteiger partial charge in [0.05, 0.1) is 0 Å². The van der Waals surface area contributed by atoms with Crippen LogP contribution in [0.3, 0.4) is 0 Å². The molecule has 1 unspecified atom stereocenters. The Morgan fingerprint density at radius 1 is 1.68 bits per heavy atom. The summed E-state index contributed by atoms with van der Waals surface area (Å²) in [6.07, 6.45) is 4.18. The summed E-state index contributed by atoms with van der Waals surface area (Å²) in [5.41, 5.74) is 7.08. The Bertz CT molecular complexity index is 462. The van der Waals surface area contributed by atoms with Crippen LogP contribution in [0.2, 0.25) is 0 Å². The molecule has 0 aliphatic carbocycles. The van der Waals surface area contributed by atoms with Gasteiger partial charge < -0.3 is 20.7 Å². The number of pyridine rings is 1. The minimum absolute atomic E-state index is 0.0354. The van der Waals surface area contributed by atoms with Crippen LogP contribution < -0.4 is 10.6 Å². The van der Waals surface area contributed by atoms with E-state index in [1.165, 1.54) is 19.4 Å². The van der Waals surface area contributed by atoms with Gasteiger partial charge in [-0.15, -0.1) is 0 Å². The molecule has 0 saturated carbocycles. The van der Waals surface area contributed by atoms with Crippen molar-refractivity contribution in [3.63, 3.8) is 0 Å². The summed E-state index contributed by atoms with van der Waals surface area (Å²) < 4.78 is 0. The van der Waals surface area contributed by atoms with Gasteiger partial charge in [-0.2, -0.15) is 0 Å². The second-order valence-corrected chi connectivity index (χ2v) is 5.04. The molecule has 6 heteroatoms. The maximum Gasteiger partial charge on any atom is 0.188 e. The van der Waals surface area contributed by atoms with Gasteiger partial charge in [0.25, 0.3) is 0 Å². The number of likely N-dealkylation sites (tertiary alicyclic amines) is 1. The van der Waals surface area contributed by atoms with Crippen LogP contribution in [-0.2, 0) is 0 Å². The van der Waals surface area contributed by atoms with E-state index in [2.05, 4.69) is 34.0 Å². The second kappa shape index (κ2) is 5.88. The lowest BCUT2D eigenvalue weighted by atomic mass is 10.2. The summed E-state index contributed by atoms with van der Waals surface area (Å²) in [6, 6.07) is 4.36. The molecule has 0 spiro atoms. The summed E-state index contributed by atoms with van der Waals surface area (Å²) >= 11 is 0. The molecule has 1 saturated heterocycles. The average Bonchev–Trinajstić information content (AvgIpc) is 2.83. The molecule has 19 heavy (non-hydrogen) atoms. The van der Waals surface area contributed by atoms with Gasteiger partial charge in [0.2, 0.25) is 0 Å². The highest BCUT2D eigenvalue weighted by Crippen LogP contribution is 2.19. The third-order valence-corrected chi connectivity index (χ3v) is 3.71. The van der Waals surface area contributed by atoms with E-state index in [0.717, 1.165) is 12.2 Å². The highest BCUT2D eigenvalue weighted by molar-refractivity contribution is 5.95. The fourth-order valence-electron chi connectivity index (χ4n) is 2.48. The van der Waals surface area contributed by atoms with Crippen LogP contribution in [-0.4, -0.2) is 54.2 Å². The van der Waals surface area contributed by atoms with E-state index in [-0.39, 0.29) is 5.84 Å². The smallest absolute Gasteiger partial charge is 0.188 e. The third kappa shape index (κ3) is 3.14. The van der Waals surface area contributed by atoms with Gasteiger partial charge in [0, 0.05) is 31.5 Å². The van der Waals surface area contributed by atoms with Gasteiger partial charge in [-0.1, -0.05) is 5.16 Å². The molecule has 3 N–H and O–H groups in total. The predicted octanol–water partition coefficient (Wildman–Crippen LogP) is 0.707. The number of likely N-dealkylation sites (N-methyl/N-ethyl adjacent to an activating group) is 2. The van der Waals surface area contributed by atoms with Crippen molar-refractivity contribution >= 4 is 11.5 Å². The topological polar surface area (TPSA) is 78.0 Å². The predicted molar refractivity (Wildman–Crippen MR) is 75.7 cm³/mol. The quantitative estimate of drug-likeness (QED) is 0.362. The zero-order chi connectivity index (χ0) is 13.8. The van der Waals surface area contributed by atoms with E-state index in [0.29, 0.717) is 11.7 Å². The number of rotatable bonds is 4. The van der Waals surface area contributed by atoms with Crippen LogP contribution in [0.25, 0.3) is 0 Å². The molecule has 1 aliphatic heterocycles. The number of aromatic nitrogens is 1. The van der Waals surface area contributed by atoms with E-state index < -0.39 is 0 Å². The first-order valence-corrected chi connectivity index (χ1v) is 6.47. The van der Waals surface area contributed by atoms with Gasteiger partial charge in [-0.3, -0.25) is 4.98 Å². The lowest BCUT2D eigenvalue weighted by molar-refractivity contribution is 0.314. The summed E-state index contributed by atoms with van der Waals surface area (Å²) in [6.45, 7) is 2.14. The first-order valence-electron chi connectivity index (χ1n) is 6.47. The standard InChI is InChI=1S/C13H21N5O/c1-17-7-3-4-11(17)9-18(2)10-5-6-15-12(8-10)13(14)16-19/h5-6,8,11,19H,3-4,7,9H2,1-2H3,(H2,14,16). The van der Waals surface area contributed by atoms with Crippen molar-refractivity contribution in [2.45, 2.75) is 18.9 Å². The first-order chi connectivity index (χ1) is 9.11. The van der Waals surface area contributed by atoms with Gasteiger partial charge in [-0.25, -0.2) is 0 Å². The zero-order valence-electron chi connectivity index (χ0n) is 11.5. The fourth-order valence-corrected chi connectivity index (χ4v) is 2.48. The van der Waals surface area contributed by atoms with Crippen molar-refractivity contribution in [2.24, 2.45) is 10.9 Å². The minimum atomic E-state index is 0.0354. The Morgan fingerprint density at radius 3 is 3.11 bits per heavy atom. The largest absolute Gasteiger partial charge is 0.409 e. The van der Waals surface area contributed by atoms with Crippen molar-refractivity contribution in [3.8, 4) is 0 Å². The van der Waals surface area contributed by atoms with Crippen molar-refractivity contribution in [1.82, 2.24) is 9.88 Å². The molecular formula is C13H21N5O. The molecule has 1 fully saturated rings. The first kappa shape index (κ1) is 13.6. The summed E-state index contributed by atoms with van der Waals surface area (Å²) in [5.74, 6) is 0.0354. The summed E-state index contributed by atoms with van der Waals surface area (Å²) in [7, 11) is 4.22. The Hall–Kier alpha value is -1.82. The van der Waals surface area contributed by atoms with Crippen LogP contribution in [0.15, 0.2) is 23.5 Å². The summed E-state index contributed by atoms with van der Waals surface area (Å²) in [4.78, 5) is 8.66. The molecule has 6 nitrogen and oxygen atoms in total. The van der Waals surface area contributed by atoms with Crippen molar-refractivity contribution in [3.05, 3.63) is 24.0 Å². The van der Waals surface area contributed by atoms with Gasteiger partial charge in [-0.05, 0) is 38.6 Å². The van der Waals surface area contributed by atoms with E-state index in [1.807, 2.05) is 12.1 Å². The molecule has 1 aromatic rings. The van der Waals surface area contributed by atoms with Crippen LogP contribution in [0, 0.1) is 0 Å². The van der Waals surface area contributed by atoms with Crippen LogP contribution >= 0.6 is 0 Å².